The van der Waals surface area contributed by atoms with Gasteiger partial charge in [0.1, 0.15) is 6.10 Å². The fourth-order valence-corrected chi connectivity index (χ4v) is 4.56. The molecule has 1 fully saturated rings. The molecule has 4 heteroatoms. The molecule has 29 heavy (non-hydrogen) atoms. The van der Waals surface area contributed by atoms with Crippen LogP contribution in [-0.4, -0.2) is 12.1 Å². The van der Waals surface area contributed by atoms with Crippen LogP contribution in [0.2, 0.25) is 0 Å². The molecule has 0 N–H and O–H groups in total. The van der Waals surface area contributed by atoms with Crippen molar-refractivity contribution in [2.45, 2.75) is 77.2 Å². The highest BCUT2D eigenvalue weighted by Gasteiger charge is 2.29. The molecular weight excluding hydrogens is 370 g/mol. The van der Waals surface area contributed by atoms with Gasteiger partial charge in [-0.2, -0.15) is 0 Å². The Hall–Kier alpha value is -1.97. The highest BCUT2D eigenvalue weighted by Crippen LogP contribution is 2.35. The van der Waals surface area contributed by atoms with Crippen molar-refractivity contribution in [2.75, 3.05) is 0 Å². The van der Waals surface area contributed by atoms with Crippen LogP contribution in [0.5, 0.6) is 0 Å². The van der Waals surface area contributed by atoms with E-state index >= 15 is 0 Å². The Bertz CT molecular complexity index is 760. The minimum Gasteiger partial charge on any atom is -0.462 e. The summed E-state index contributed by atoms with van der Waals surface area (Å²) in [5, 5.41) is 0. The Morgan fingerprint density at radius 2 is 1.93 bits per heavy atom. The average molecular weight is 403 g/mol. The number of hydrogen-bond acceptors (Lipinski definition) is 2. The Labute approximate surface area is 173 Å². The summed E-state index contributed by atoms with van der Waals surface area (Å²) >= 11 is 0. The van der Waals surface area contributed by atoms with Crippen LogP contribution in [-0.2, 0) is 16.0 Å². The van der Waals surface area contributed by atoms with E-state index in [0.29, 0.717) is 36.8 Å². The van der Waals surface area contributed by atoms with E-state index in [9.17, 15) is 13.6 Å². The fourth-order valence-electron chi connectivity index (χ4n) is 4.56. The minimum absolute atomic E-state index is 0.0287. The van der Waals surface area contributed by atoms with Gasteiger partial charge in [0.05, 0.1) is 5.92 Å². The van der Waals surface area contributed by atoms with Crippen molar-refractivity contribution in [3.63, 3.8) is 0 Å². The molecule has 0 aromatic heterocycles. The fraction of sp³-hybridized carbons (Fsp3) is 0.560. The number of carbonyl (C=O) groups is 1. The summed E-state index contributed by atoms with van der Waals surface area (Å²) in [5.41, 5.74) is 1.50. The Morgan fingerprint density at radius 1 is 1.17 bits per heavy atom. The molecule has 1 aromatic carbocycles. The molecule has 3 rings (SSSR count). The first-order valence-electron chi connectivity index (χ1n) is 11.0. The van der Waals surface area contributed by atoms with Crippen molar-refractivity contribution < 1.29 is 18.3 Å². The number of benzene rings is 1. The Morgan fingerprint density at radius 3 is 2.55 bits per heavy atom. The van der Waals surface area contributed by atoms with Crippen molar-refractivity contribution in [1.82, 2.24) is 0 Å². The van der Waals surface area contributed by atoms with E-state index in [0.717, 1.165) is 43.6 Å². The second-order valence-corrected chi connectivity index (χ2v) is 8.40. The summed E-state index contributed by atoms with van der Waals surface area (Å²) in [6, 6.07) is 3.31. The first-order chi connectivity index (χ1) is 14.0. The number of aryl methyl sites for hydroxylation is 1. The molecule has 1 atom stereocenters. The highest BCUT2D eigenvalue weighted by molar-refractivity contribution is 5.76. The molecule has 0 aliphatic heterocycles. The van der Waals surface area contributed by atoms with E-state index in [4.69, 9.17) is 4.74 Å². The van der Waals surface area contributed by atoms with E-state index < -0.39 is 11.6 Å². The van der Waals surface area contributed by atoms with Crippen LogP contribution in [0.15, 0.2) is 30.9 Å². The van der Waals surface area contributed by atoms with Gasteiger partial charge in [0.25, 0.3) is 0 Å². The second kappa shape index (κ2) is 10.2. The molecule has 0 heterocycles. The van der Waals surface area contributed by atoms with Crippen LogP contribution in [0.3, 0.4) is 0 Å². The lowest BCUT2D eigenvalue weighted by Crippen LogP contribution is -2.28. The summed E-state index contributed by atoms with van der Waals surface area (Å²) in [4.78, 5) is 12.6. The van der Waals surface area contributed by atoms with Crippen LogP contribution in [0.25, 0.3) is 5.57 Å². The van der Waals surface area contributed by atoms with E-state index in [1.54, 1.807) is 19.1 Å². The van der Waals surface area contributed by atoms with Gasteiger partial charge in [-0.1, -0.05) is 31.2 Å². The lowest BCUT2D eigenvalue weighted by Gasteiger charge is -2.30. The zero-order valence-corrected chi connectivity index (χ0v) is 17.4. The van der Waals surface area contributed by atoms with Gasteiger partial charge in [0.15, 0.2) is 11.6 Å². The van der Waals surface area contributed by atoms with Crippen molar-refractivity contribution in [2.24, 2.45) is 11.8 Å². The average Bonchev–Trinajstić information content (AvgIpc) is 2.75. The molecule has 0 saturated heterocycles. The third kappa shape index (κ3) is 5.34. The summed E-state index contributed by atoms with van der Waals surface area (Å²) in [6.07, 6.45) is 12.4. The first kappa shape index (κ1) is 21.7. The largest absolute Gasteiger partial charge is 0.462 e. The monoisotopic (exact) mass is 402 g/mol. The number of rotatable bonds is 7. The zero-order valence-electron chi connectivity index (χ0n) is 17.4. The molecule has 0 spiro atoms. The van der Waals surface area contributed by atoms with Crippen molar-refractivity contribution >= 4 is 11.5 Å². The van der Waals surface area contributed by atoms with E-state index in [1.165, 1.54) is 6.42 Å². The smallest absolute Gasteiger partial charge is 0.309 e. The summed E-state index contributed by atoms with van der Waals surface area (Å²) in [5.74, 6) is -1.12. The third-order valence-corrected chi connectivity index (χ3v) is 6.49. The molecule has 1 saturated carbocycles. The van der Waals surface area contributed by atoms with Crippen molar-refractivity contribution in [3.05, 3.63) is 53.6 Å². The molecule has 2 aliphatic carbocycles. The zero-order chi connectivity index (χ0) is 20.8. The topological polar surface area (TPSA) is 26.3 Å². The number of esters is 1. The number of halogens is 2. The van der Waals surface area contributed by atoms with Gasteiger partial charge >= 0.3 is 5.97 Å². The lowest BCUT2D eigenvalue weighted by molar-refractivity contribution is -0.156. The molecule has 2 aliphatic rings. The number of ether oxygens (including phenoxy) is 1. The summed E-state index contributed by atoms with van der Waals surface area (Å²) in [7, 11) is 0. The standard InChI is InChI=1S/C25H32F2O2/c1-3-5-6-17-7-14-21(15-8-17)29-25(28)20-11-9-19(10-12-20)22-16-13-18(4-2)23(26)24(22)27/h3,9,13,16-17,20-21H,1,4-8,10-12,14-15H2,2H3. The number of carbonyl (C=O) groups excluding carboxylic acids is 1. The second-order valence-electron chi connectivity index (χ2n) is 8.40. The van der Waals surface area contributed by atoms with Gasteiger partial charge in [0, 0.05) is 5.56 Å². The molecule has 158 valence electrons. The van der Waals surface area contributed by atoms with Gasteiger partial charge < -0.3 is 4.74 Å². The Kier molecular flexibility index (Phi) is 7.63. The van der Waals surface area contributed by atoms with Crippen LogP contribution in [0.1, 0.15) is 75.8 Å². The van der Waals surface area contributed by atoms with Crippen LogP contribution < -0.4 is 0 Å². The highest BCUT2D eigenvalue weighted by atomic mass is 19.2. The minimum atomic E-state index is -0.773. The maximum absolute atomic E-state index is 14.4. The normalized spacial score (nSPS) is 24.7. The van der Waals surface area contributed by atoms with Gasteiger partial charge in [-0.3, -0.25) is 4.79 Å². The summed E-state index contributed by atoms with van der Waals surface area (Å²) < 4.78 is 34.3. The molecule has 0 radical (unpaired) electrons. The van der Waals surface area contributed by atoms with E-state index in [1.807, 2.05) is 12.2 Å². The molecule has 0 amide bonds. The SMILES string of the molecule is C=CCCC1CCC(OC(=O)C2CC=C(c3ccc(CC)c(F)c3F)CC2)CC1. The maximum atomic E-state index is 14.4. The van der Waals surface area contributed by atoms with Crippen LogP contribution >= 0.6 is 0 Å². The number of hydrogen-bond donors (Lipinski definition) is 0. The van der Waals surface area contributed by atoms with Gasteiger partial charge in [0.2, 0.25) is 0 Å². The van der Waals surface area contributed by atoms with Crippen molar-refractivity contribution in [3.8, 4) is 0 Å². The maximum Gasteiger partial charge on any atom is 0.309 e. The molecule has 0 bridgehead atoms. The van der Waals surface area contributed by atoms with Crippen LogP contribution in [0, 0.1) is 23.5 Å². The van der Waals surface area contributed by atoms with Gasteiger partial charge in [-0.25, -0.2) is 8.78 Å². The molecule has 2 nitrogen and oxygen atoms in total. The number of allylic oxidation sites excluding steroid dienone is 3. The van der Waals surface area contributed by atoms with E-state index in [-0.39, 0.29) is 18.0 Å². The quantitative estimate of drug-likeness (QED) is 0.371. The molecule has 1 aromatic rings. The lowest BCUT2D eigenvalue weighted by atomic mass is 9.84. The van der Waals surface area contributed by atoms with Crippen LogP contribution in [0.4, 0.5) is 8.78 Å². The molecular formula is C25H32F2O2. The van der Waals surface area contributed by atoms with Gasteiger partial charge in [-0.15, -0.1) is 6.58 Å². The third-order valence-electron chi connectivity index (χ3n) is 6.49. The Balaban J connectivity index is 1.52. The van der Waals surface area contributed by atoms with Crippen molar-refractivity contribution in [1.29, 1.82) is 0 Å². The molecule has 1 unspecified atom stereocenters. The predicted octanol–water partition coefficient (Wildman–Crippen LogP) is 6.78. The first-order valence-corrected chi connectivity index (χ1v) is 11.0. The summed E-state index contributed by atoms with van der Waals surface area (Å²) in [6.45, 7) is 5.59. The predicted molar refractivity (Wildman–Crippen MR) is 112 cm³/mol. The van der Waals surface area contributed by atoms with Gasteiger partial charge in [-0.05, 0) is 81.3 Å². The van der Waals surface area contributed by atoms with E-state index in [2.05, 4.69) is 6.58 Å².